The van der Waals surface area contributed by atoms with Gasteiger partial charge >= 0.3 is 0 Å². The Morgan fingerprint density at radius 2 is 1.90 bits per heavy atom. The summed E-state index contributed by atoms with van der Waals surface area (Å²) in [4.78, 5) is 12.5. The first-order chi connectivity index (χ1) is 9.93. The SMILES string of the molecule is Cc1ccc(C)c(-c2ccc(C#N)c(=O)n2CC(C)C)c1. The number of hydrogen-bond donors (Lipinski definition) is 0. The fourth-order valence-corrected chi connectivity index (χ4v) is 2.46. The molecule has 0 saturated carbocycles. The zero-order valence-corrected chi connectivity index (χ0v) is 13.0. The quantitative estimate of drug-likeness (QED) is 0.861. The molecule has 2 aromatic rings. The van der Waals surface area contributed by atoms with Crippen molar-refractivity contribution in [2.24, 2.45) is 5.92 Å². The van der Waals surface area contributed by atoms with Gasteiger partial charge in [-0.2, -0.15) is 5.26 Å². The van der Waals surface area contributed by atoms with Crippen molar-refractivity contribution in [3.8, 4) is 17.3 Å². The van der Waals surface area contributed by atoms with E-state index in [0.717, 1.165) is 22.4 Å². The lowest BCUT2D eigenvalue weighted by Gasteiger charge is -2.17. The number of rotatable bonds is 3. The van der Waals surface area contributed by atoms with Crippen LogP contribution in [0.15, 0.2) is 35.1 Å². The molecular weight excluding hydrogens is 260 g/mol. The molecule has 0 aliphatic carbocycles. The van der Waals surface area contributed by atoms with Gasteiger partial charge < -0.3 is 4.57 Å². The molecule has 1 heterocycles. The normalized spacial score (nSPS) is 10.7. The first-order valence-corrected chi connectivity index (χ1v) is 7.15. The zero-order valence-electron chi connectivity index (χ0n) is 13.0. The minimum atomic E-state index is -0.204. The van der Waals surface area contributed by atoms with E-state index in [4.69, 9.17) is 5.26 Å². The molecule has 0 fully saturated rings. The molecule has 0 aliphatic heterocycles. The fraction of sp³-hybridized carbons (Fsp3) is 0.333. The Bertz CT molecular complexity index is 764. The second-order valence-electron chi connectivity index (χ2n) is 5.87. The van der Waals surface area contributed by atoms with Crippen LogP contribution in [0.3, 0.4) is 0 Å². The molecule has 0 spiro atoms. The van der Waals surface area contributed by atoms with Gasteiger partial charge in [0.15, 0.2) is 0 Å². The minimum absolute atomic E-state index is 0.199. The van der Waals surface area contributed by atoms with Crippen molar-refractivity contribution < 1.29 is 0 Å². The maximum Gasteiger partial charge on any atom is 0.268 e. The monoisotopic (exact) mass is 280 g/mol. The molecule has 0 N–H and O–H groups in total. The third-order valence-corrected chi connectivity index (χ3v) is 3.51. The highest BCUT2D eigenvalue weighted by molar-refractivity contribution is 5.65. The lowest BCUT2D eigenvalue weighted by molar-refractivity contribution is 0.514. The molecular formula is C18H20N2O. The molecule has 0 aliphatic rings. The van der Waals surface area contributed by atoms with E-state index >= 15 is 0 Å². The summed E-state index contributed by atoms with van der Waals surface area (Å²) in [6.45, 7) is 8.82. The van der Waals surface area contributed by atoms with E-state index in [1.807, 2.05) is 26.0 Å². The molecule has 3 nitrogen and oxygen atoms in total. The molecule has 0 saturated heterocycles. The Hall–Kier alpha value is -2.34. The average Bonchev–Trinajstić information content (AvgIpc) is 2.43. The average molecular weight is 280 g/mol. The van der Waals surface area contributed by atoms with Crippen LogP contribution in [0.1, 0.15) is 30.5 Å². The van der Waals surface area contributed by atoms with Crippen molar-refractivity contribution in [2.45, 2.75) is 34.2 Å². The van der Waals surface area contributed by atoms with Crippen LogP contribution in [0.2, 0.25) is 0 Å². The Kier molecular flexibility index (Phi) is 4.28. The van der Waals surface area contributed by atoms with Gasteiger partial charge in [-0.25, -0.2) is 0 Å². The van der Waals surface area contributed by atoms with Crippen LogP contribution in [0.5, 0.6) is 0 Å². The number of aromatic nitrogens is 1. The maximum atomic E-state index is 12.5. The highest BCUT2D eigenvalue weighted by atomic mass is 16.1. The van der Waals surface area contributed by atoms with Crippen LogP contribution in [0, 0.1) is 31.1 Å². The summed E-state index contributed by atoms with van der Waals surface area (Å²) >= 11 is 0. The van der Waals surface area contributed by atoms with Gasteiger partial charge in [0, 0.05) is 12.1 Å². The van der Waals surface area contributed by atoms with Crippen molar-refractivity contribution in [3.63, 3.8) is 0 Å². The summed E-state index contributed by atoms with van der Waals surface area (Å²) in [7, 11) is 0. The van der Waals surface area contributed by atoms with Crippen LogP contribution in [-0.2, 0) is 6.54 Å². The molecule has 1 aromatic heterocycles. The smallest absolute Gasteiger partial charge is 0.268 e. The number of aryl methyl sites for hydroxylation is 2. The minimum Gasteiger partial charge on any atom is -0.307 e. The van der Waals surface area contributed by atoms with Crippen LogP contribution < -0.4 is 5.56 Å². The Morgan fingerprint density at radius 1 is 1.19 bits per heavy atom. The first-order valence-electron chi connectivity index (χ1n) is 7.15. The van der Waals surface area contributed by atoms with Gasteiger partial charge in [-0.1, -0.05) is 31.5 Å². The summed E-state index contributed by atoms with van der Waals surface area (Å²) < 4.78 is 1.73. The molecule has 0 radical (unpaired) electrons. The molecule has 2 rings (SSSR count). The lowest BCUT2D eigenvalue weighted by atomic mass is 10.0. The first kappa shape index (κ1) is 15.1. The highest BCUT2D eigenvalue weighted by Crippen LogP contribution is 2.24. The molecule has 0 atom stereocenters. The molecule has 0 amide bonds. The van der Waals surface area contributed by atoms with Crippen molar-refractivity contribution in [3.05, 3.63) is 57.4 Å². The van der Waals surface area contributed by atoms with Crippen LogP contribution in [0.4, 0.5) is 0 Å². The zero-order chi connectivity index (χ0) is 15.6. The summed E-state index contributed by atoms with van der Waals surface area (Å²) in [6, 6.07) is 11.7. The van der Waals surface area contributed by atoms with E-state index in [-0.39, 0.29) is 11.1 Å². The molecule has 0 bridgehead atoms. The highest BCUT2D eigenvalue weighted by Gasteiger charge is 2.13. The number of benzene rings is 1. The van der Waals surface area contributed by atoms with Crippen molar-refractivity contribution in [1.29, 1.82) is 5.26 Å². The van der Waals surface area contributed by atoms with Crippen molar-refractivity contribution in [1.82, 2.24) is 4.57 Å². The fourth-order valence-electron chi connectivity index (χ4n) is 2.46. The lowest BCUT2D eigenvalue weighted by Crippen LogP contribution is -2.26. The van der Waals surface area contributed by atoms with E-state index < -0.39 is 0 Å². The molecule has 1 aromatic carbocycles. The van der Waals surface area contributed by atoms with E-state index in [0.29, 0.717) is 12.5 Å². The molecule has 21 heavy (non-hydrogen) atoms. The van der Waals surface area contributed by atoms with Crippen LogP contribution in [-0.4, -0.2) is 4.57 Å². The van der Waals surface area contributed by atoms with E-state index in [9.17, 15) is 4.79 Å². The summed E-state index contributed by atoms with van der Waals surface area (Å²) in [5.41, 5.74) is 4.21. The molecule has 0 unspecified atom stereocenters. The third-order valence-electron chi connectivity index (χ3n) is 3.51. The number of nitrogens with zero attached hydrogens (tertiary/aromatic N) is 2. The van der Waals surface area contributed by atoms with Gasteiger partial charge in [0.2, 0.25) is 0 Å². The number of nitriles is 1. The summed E-state index contributed by atoms with van der Waals surface area (Å²) in [5.74, 6) is 0.334. The van der Waals surface area contributed by atoms with Gasteiger partial charge in [0.1, 0.15) is 11.6 Å². The Balaban J connectivity index is 2.74. The van der Waals surface area contributed by atoms with Crippen LogP contribution in [0.25, 0.3) is 11.3 Å². The van der Waals surface area contributed by atoms with E-state index in [1.54, 1.807) is 10.6 Å². The summed E-state index contributed by atoms with van der Waals surface area (Å²) in [5, 5.41) is 9.07. The number of hydrogen-bond acceptors (Lipinski definition) is 2. The predicted molar refractivity (Wildman–Crippen MR) is 85.2 cm³/mol. The molecule has 108 valence electrons. The van der Waals surface area contributed by atoms with Crippen LogP contribution >= 0.6 is 0 Å². The van der Waals surface area contributed by atoms with E-state index in [2.05, 4.69) is 32.0 Å². The topological polar surface area (TPSA) is 45.8 Å². The largest absolute Gasteiger partial charge is 0.307 e. The predicted octanol–water partition coefficient (Wildman–Crippen LogP) is 3.66. The standard InChI is InChI=1S/C18H20N2O/c1-12(2)11-20-17(8-7-15(10-19)18(20)21)16-9-13(3)5-6-14(16)4/h5-9,12H,11H2,1-4H3. The third kappa shape index (κ3) is 3.05. The van der Waals surface area contributed by atoms with Gasteiger partial charge in [-0.05, 0) is 43.5 Å². The second-order valence-corrected chi connectivity index (χ2v) is 5.87. The Labute approximate surface area is 125 Å². The van der Waals surface area contributed by atoms with Gasteiger partial charge in [-0.15, -0.1) is 0 Å². The number of pyridine rings is 1. The Morgan fingerprint density at radius 3 is 2.52 bits per heavy atom. The van der Waals surface area contributed by atoms with Gasteiger partial charge in [0.25, 0.3) is 5.56 Å². The van der Waals surface area contributed by atoms with Crippen molar-refractivity contribution >= 4 is 0 Å². The van der Waals surface area contributed by atoms with Gasteiger partial charge in [0.05, 0.1) is 5.69 Å². The second kappa shape index (κ2) is 5.97. The van der Waals surface area contributed by atoms with Crippen molar-refractivity contribution in [2.75, 3.05) is 0 Å². The maximum absolute atomic E-state index is 12.5. The van der Waals surface area contributed by atoms with E-state index in [1.165, 1.54) is 0 Å². The summed E-state index contributed by atoms with van der Waals surface area (Å²) in [6.07, 6.45) is 0. The van der Waals surface area contributed by atoms with Gasteiger partial charge in [-0.3, -0.25) is 4.79 Å². The molecule has 3 heteroatoms.